The van der Waals surface area contributed by atoms with Crippen molar-refractivity contribution in [1.82, 2.24) is 4.90 Å². The largest absolute Gasteiger partial charge is 0.493 e. The molecule has 7 nitrogen and oxygen atoms in total. The predicted molar refractivity (Wildman–Crippen MR) is 140 cm³/mol. The summed E-state index contributed by atoms with van der Waals surface area (Å²) >= 11 is 0. The Bertz CT molecular complexity index is 1250. The standard InChI is InChI=1S/C30H32N2O5/c1-3-32-21-11-7-13-23(33)29(21)28(30-22(32)12-8-14-24(30)34)19-15-16-25(26(17-19)36-2)37-18-27(35)31-20-9-5-4-6-10-20/h4-6,9-10,15-17,28H,3,7-8,11-14,18H2,1-2H3,(H,31,35). The van der Waals surface area contributed by atoms with Gasteiger partial charge in [0.25, 0.3) is 5.91 Å². The lowest BCUT2D eigenvalue weighted by molar-refractivity contribution is -0.118. The van der Waals surface area contributed by atoms with Crippen molar-refractivity contribution >= 4 is 23.2 Å². The molecule has 0 unspecified atom stereocenters. The third-order valence-corrected chi connectivity index (χ3v) is 7.34. The molecular weight excluding hydrogens is 468 g/mol. The van der Waals surface area contributed by atoms with E-state index in [1.807, 2.05) is 42.5 Å². The van der Waals surface area contributed by atoms with E-state index in [-0.39, 0.29) is 24.1 Å². The zero-order valence-electron chi connectivity index (χ0n) is 21.3. The molecule has 0 bridgehead atoms. The van der Waals surface area contributed by atoms with Crippen LogP contribution in [0.1, 0.15) is 56.9 Å². The second kappa shape index (κ2) is 10.6. The van der Waals surface area contributed by atoms with Gasteiger partial charge in [-0.25, -0.2) is 0 Å². The van der Waals surface area contributed by atoms with Gasteiger partial charge in [-0.05, 0) is 62.4 Å². The summed E-state index contributed by atoms with van der Waals surface area (Å²) in [7, 11) is 1.54. The zero-order valence-corrected chi connectivity index (χ0v) is 21.3. The third kappa shape index (κ3) is 4.78. The number of amides is 1. The Morgan fingerprint density at radius 2 is 1.57 bits per heavy atom. The van der Waals surface area contributed by atoms with Crippen LogP contribution >= 0.6 is 0 Å². The number of hydrogen-bond acceptors (Lipinski definition) is 6. The first kappa shape index (κ1) is 24.8. The van der Waals surface area contributed by atoms with Gasteiger partial charge in [-0.1, -0.05) is 24.3 Å². The molecule has 5 rings (SSSR count). The molecule has 1 aliphatic heterocycles. The van der Waals surface area contributed by atoms with Gasteiger partial charge in [0.05, 0.1) is 7.11 Å². The molecule has 7 heteroatoms. The molecule has 1 amide bonds. The molecule has 2 aromatic rings. The second-order valence-corrected chi connectivity index (χ2v) is 9.56. The minimum Gasteiger partial charge on any atom is -0.493 e. The molecule has 0 saturated carbocycles. The molecule has 0 atom stereocenters. The van der Waals surface area contributed by atoms with E-state index in [0.29, 0.717) is 30.0 Å². The van der Waals surface area contributed by atoms with Gasteiger partial charge in [-0.3, -0.25) is 14.4 Å². The quantitative estimate of drug-likeness (QED) is 0.566. The molecule has 192 valence electrons. The lowest BCUT2D eigenvalue weighted by Gasteiger charge is -2.43. The lowest BCUT2D eigenvalue weighted by atomic mass is 9.71. The van der Waals surface area contributed by atoms with Crippen LogP contribution in [0.4, 0.5) is 5.69 Å². The predicted octanol–water partition coefficient (Wildman–Crippen LogP) is 5.15. The maximum Gasteiger partial charge on any atom is 0.262 e. The van der Waals surface area contributed by atoms with Crippen molar-refractivity contribution in [1.29, 1.82) is 0 Å². The van der Waals surface area contributed by atoms with Crippen molar-refractivity contribution in [2.24, 2.45) is 0 Å². The summed E-state index contributed by atoms with van der Waals surface area (Å²) in [6.45, 7) is 2.64. The number of nitrogens with zero attached hydrogens (tertiary/aromatic N) is 1. The van der Waals surface area contributed by atoms with Crippen molar-refractivity contribution in [3.8, 4) is 11.5 Å². The number of carbonyl (C=O) groups is 3. The highest BCUT2D eigenvalue weighted by molar-refractivity contribution is 6.06. The van der Waals surface area contributed by atoms with Gasteiger partial charge in [0.1, 0.15) is 0 Å². The van der Waals surface area contributed by atoms with E-state index in [1.54, 1.807) is 13.2 Å². The topological polar surface area (TPSA) is 84.9 Å². The molecule has 1 heterocycles. The summed E-state index contributed by atoms with van der Waals surface area (Å²) in [5.41, 5.74) is 5.15. The second-order valence-electron chi connectivity index (χ2n) is 9.56. The van der Waals surface area contributed by atoms with E-state index in [0.717, 1.165) is 60.3 Å². The monoisotopic (exact) mass is 500 g/mol. The van der Waals surface area contributed by atoms with Crippen LogP contribution in [0.2, 0.25) is 0 Å². The van der Waals surface area contributed by atoms with Crippen LogP contribution in [0.15, 0.2) is 71.1 Å². The number of rotatable bonds is 7. The zero-order chi connectivity index (χ0) is 25.9. The number of methoxy groups -OCH3 is 1. The third-order valence-electron chi connectivity index (χ3n) is 7.34. The fourth-order valence-corrected chi connectivity index (χ4v) is 5.78. The van der Waals surface area contributed by atoms with Crippen molar-refractivity contribution in [3.05, 3.63) is 76.6 Å². The number of Topliss-reactive ketones (excluding diaryl/α,β-unsaturated/α-hetero) is 2. The van der Waals surface area contributed by atoms with Gasteiger partial charge < -0.3 is 19.7 Å². The summed E-state index contributed by atoms with van der Waals surface area (Å²) in [5, 5.41) is 2.80. The highest BCUT2D eigenvalue weighted by Crippen LogP contribution is 2.49. The fraction of sp³-hybridized carbons (Fsp3) is 0.367. The van der Waals surface area contributed by atoms with E-state index >= 15 is 0 Å². The Balaban J connectivity index is 1.46. The molecule has 1 N–H and O–H groups in total. The first-order valence-electron chi connectivity index (χ1n) is 13.0. The molecule has 2 aromatic carbocycles. The molecule has 2 aliphatic carbocycles. The number of ether oxygens (including phenoxy) is 2. The molecule has 0 aromatic heterocycles. The number of anilines is 1. The summed E-state index contributed by atoms with van der Waals surface area (Å²) in [4.78, 5) is 41.2. The number of para-hydroxylation sites is 1. The van der Waals surface area contributed by atoms with E-state index in [4.69, 9.17) is 9.47 Å². The van der Waals surface area contributed by atoms with Crippen LogP contribution in [-0.4, -0.2) is 42.6 Å². The van der Waals surface area contributed by atoms with Gasteiger partial charge in [0.15, 0.2) is 29.7 Å². The number of carbonyl (C=O) groups excluding carboxylic acids is 3. The van der Waals surface area contributed by atoms with E-state index < -0.39 is 5.92 Å². The number of hydrogen-bond donors (Lipinski definition) is 1. The summed E-state index contributed by atoms with van der Waals surface area (Å²) in [6, 6.07) is 14.7. The van der Waals surface area contributed by atoms with Gasteiger partial charge in [-0.15, -0.1) is 0 Å². The minimum atomic E-state index is -0.405. The smallest absolute Gasteiger partial charge is 0.262 e. The number of ketones is 2. The Hall–Kier alpha value is -3.87. The van der Waals surface area contributed by atoms with Gasteiger partial charge in [-0.2, -0.15) is 0 Å². The van der Waals surface area contributed by atoms with E-state index in [2.05, 4.69) is 17.1 Å². The van der Waals surface area contributed by atoms with E-state index in [9.17, 15) is 14.4 Å². The maximum atomic E-state index is 13.3. The average molecular weight is 501 g/mol. The highest BCUT2D eigenvalue weighted by Gasteiger charge is 2.43. The first-order valence-corrected chi connectivity index (χ1v) is 13.0. The molecule has 0 spiro atoms. The van der Waals surface area contributed by atoms with E-state index in [1.165, 1.54) is 0 Å². The molecule has 37 heavy (non-hydrogen) atoms. The SMILES string of the molecule is CCN1C2=C(C(=O)CCC2)C(c2ccc(OCC(=O)Nc3ccccc3)c(OC)c2)C2=C1CCCC2=O. The van der Waals surface area contributed by atoms with Gasteiger partial charge in [0, 0.05) is 53.5 Å². The minimum absolute atomic E-state index is 0.117. The van der Waals surface area contributed by atoms with Crippen LogP contribution in [0.5, 0.6) is 11.5 Å². The molecular formula is C30H32N2O5. The molecule has 0 radical (unpaired) electrons. The van der Waals surface area contributed by atoms with Crippen molar-refractivity contribution in [3.63, 3.8) is 0 Å². The number of benzene rings is 2. The molecule has 0 saturated heterocycles. The van der Waals surface area contributed by atoms with Crippen LogP contribution in [-0.2, 0) is 14.4 Å². The van der Waals surface area contributed by atoms with Gasteiger partial charge in [0.2, 0.25) is 0 Å². The lowest BCUT2D eigenvalue weighted by Crippen LogP contribution is -2.39. The molecule has 3 aliphatic rings. The Morgan fingerprint density at radius 3 is 2.16 bits per heavy atom. The van der Waals surface area contributed by atoms with Crippen LogP contribution < -0.4 is 14.8 Å². The van der Waals surface area contributed by atoms with Crippen LogP contribution in [0, 0.1) is 0 Å². The number of nitrogens with one attached hydrogen (secondary N) is 1. The fourth-order valence-electron chi connectivity index (χ4n) is 5.78. The Labute approximate surface area is 217 Å². The average Bonchev–Trinajstić information content (AvgIpc) is 2.91. The van der Waals surface area contributed by atoms with Gasteiger partial charge >= 0.3 is 0 Å². The Kier molecular flexibility index (Phi) is 7.12. The summed E-state index contributed by atoms with van der Waals surface area (Å²) in [6.07, 6.45) is 4.34. The van der Waals surface area contributed by atoms with Crippen molar-refractivity contribution in [2.75, 3.05) is 25.6 Å². The van der Waals surface area contributed by atoms with Crippen LogP contribution in [0.25, 0.3) is 0 Å². The maximum absolute atomic E-state index is 13.3. The van der Waals surface area contributed by atoms with Crippen molar-refractivity contribution in [2.45, 2.75) is 51.4 Å². The van der Waals surface area contributed by atoms with Crippen LogP contribution in [0.3, 0.4) is 0 Å². The highest BCUT2D eigenvalue weighted by atomic mass is 16.5. The molecule has 0 fully saturated rings. The Morgan fingerprint density at radius 1 is 0.919 bits per heavy atom. The van der Waals surface area contributed by atoms with Crippen molar-refractivity contribution < 1.29 is 23.9 Å². The summed E-state index contributed by atoms with van der Waals surface area (Å²) in [5.74, 6) is 0.428. The summed E-state index contributed by atoms with van der Waals surface area (Å²) < 4.78 is 11.4. The first-order chi connectivity index (χ1) is 18.0. The number of allylic oxidation sites excluding steroid dienone is 4. The normalized spacial score (nSPS) is 17.9.